The second-order valence-electron chi connectivity index (χ2n) is 9.30. The lowest BCUT2D eigenvalue weighted by molar-refractivity contribution is -0.136. The lowest BCUT2D eigenvalue weighted by Crippen LogP contribution is -2.48. The fraction of sp³-hybridized carbons (Fsp3) is 0.333. The zero-order valence-corrected chi connectivity index (χ0v) is 19.0. The van der Waals surface area contributed by atoms with Crippen LogP contribution >= 0.6 is 15.9 Å². The van der Waals surface area contributed by atoms with Gasteiger partial charge in [0.05, 0.1) is 29.8 Å². The molecule has 0 N–H and O–H groups in total. The van der Waals surface area contributed by atoms with E-state index in [1.807, 2.05) is 45.0 Å². The van der Waals surface area contributed by atoms with Crippen LogP contribution in [-0.2, 0) is 14.4 Å². The highest BCUT2D eigenvalue weighted by Crippen LogP contribution is 2.53. The van der Waals surface area contributed by atoms with Crippen LogP contribution in [0.3, 0.4) is 0 Å². The Labute approximate surface area is 189 Å². The fourth-order valence-corrected chi connectivity index (χ4v) is 5.22. The maximum absolute atomic E-state index is 13.7. The second kappa shape index (κ2) is 6.85. The third-order valence-corrected chi connectivity index (χ3v) is 6.91. The lowest BCUT2D eigenvalue weighted by atomic mass is 9.79. The number of fused-ring (bicyclic) bond motifs is 5. The number of nitrogens with zero attached hydrogens (tertiary/aromatic N) is 3. The molecular formula is C24H22BrN3O3. The first-order valence-corrected chi connectivity index (χ1v) is 11.1. The van der Waals surface area contributed by atoms with Gasteiger partial charge in [-0.25, -0.2) is 4.90 Å². The summed E-state index contributed by atoms with van der Waals surface area (Å²) >= 11 is 3.39. The Kier molecular flexibility index (Phi) is 4.45. The van der Waals surface area contributed by atoms with Crippen LogP contribution in [0, 0.1) is 17.3 Å². The molecule has 2 aromatic carbocycles. The van der Waals surface area contributed by atoms with Crippen LogP contribution < -0.4 is 4.90 Å². The molecule has 5 rings (SSSR count). The highest BCUT2D eigenvalue weighted by Gasteiger charge is 2.66. The van der Waals surface area contributed by atoms with E-state index in [-0.39, 0.29) is 17.6 Å². The smallest absolute Gasteiger partial charge is 0.240 e. The van der Waals surface area contributed by atoms with Crippen LogP contribution in [0.5, 0.6) is 0 Å². The van der Waals surface area contributed by atoms with Crippen molar-refractivity contribution in [2.75, 3.05) is 4.90 Å². The van der Waals surface area contributed by atoms with Gasteiger partial charge < -0.3 is 0 Å². The largest absolute Gasteiger partial charge is 0.297 e. The molecule has 7 heteroatoms. The summed E-state index contributed by atoms with van der Waals surface area (Å²) in [5.74, 6) is -2.12. The third-order valence-electron chi connectivity index (χ3n) is 6.39. The Hall–Kier alpha value is -2.80. The summed E-state index contributed by atoms with van der Waals surface area (Å²) in [5.41, 5.74) is 1.68. The van der Waals surface area contributed by atoms with E-state index in [0.717, 1.165) is 15.6 Å². The number of rotatable bonds is 2. The summed E-state index contributed by atoms with van der Waals surface area (Å²) in [7, 11) is 0. The topological polar surface area (TPSA) is 70.0 Å². The summed E-state index contributed by atoms with van der Waals surface area (Å²) in [4.78, 5) is 42.1. The number of hydrazone groups is 1. The van der Waals surface area contributed by atoms with Gasteiger partial charge >= 0.3 is 0 Å². The van der Waals surface area contributed by atoms with Gasteiger partial charge in [0, 0.05) is 9.89 Å². The molecule has 2 amide bonds. The molecule has 0 saturated carbocycles. The van der Waals surface area contributed by atoms with Gasteiger partial charge in [0.1, 0.15) is 6.04 Å². The minimum Gasteiger partial charge on any atom is -0.297 e. The zero-order chi connectivity index (χ0) is 22.1. The highest BCUT2D eigenvalue weighted by atomic mass is 79.9. The Morgan fingerprint density at radius 2 is 1.61 bits per heavy atom. The Morgan fingerprint density at radius 3 is 2.29 bits per heavy atom. The van der Waals surface area contributed by atoms with Crippen LogP contribution in [-0.4, -0.2) is 34.9 Å². The molecule has 0 radical (unpaired) electrons. The molecule has 3 aliphatic heterocycles. The number of halogens is 1. The number of hydrogen-bond donors (Lipinski definition) is 0. The van der Waals surface area contributed by atoms with Gasteiger partial charge in [-0.05, 0) is 35.4 Å². The summed E-state index contributed by atoms with van der Waals surface area (Å²) in [6.07, 6.45) is 1.72. The molecule has 158 valence electrons. The first-order chi connectivity index (χ1) is 14.7. The number of hydrogen-bond acceptors (Lipinski definition) is 5. The molecule has 0 bridgehead atoms. The lowest BCUT2D eigenvalue weighted by Gasteiger charge is -2.35. The van der Waals surface area contributed by atoms with Crippen molar-refractivity contribution in [3.63, 3.8) is 0 Å². The van der Waals surface area contributed by atoms with Gasteiger partial charge in [0.15, 0.2) is 5.78 Å². The summed E-state index contributed by atoms with van der Waals surface area (Å²) in [6.45, 7) is 5.52. The molecule has 6 nitrogen and oxygen atoms in total. The van der Waals surface area contributed by atoms with E-state index < -0.39 is 29.3 Å². The monoisotopic (exact) mass is 479 g/mol. The first kappa shape index (κ1) is 20.1. The van der Waals surface area contributed by atoms with Gasteiger partial charge in [-0.1, -0.05) is 61.0 Å². The van der Waals surface area contributed by atoms with Crippen LogP contribution in [0.1, 0.15) is 37.9 Å². The van der Waals surface area contributed by atoms with Crippen molar-refractivity contribution in [3.05, 3.63) is 64.1 Å². The molecule has 3 aliphatic rings. The molecule has 2 fully saturated rings. The molecule has 2 saturated heterocycles. The average molecular weight is 480 g/mol. The van der Waals surface area contributed by atoms with Crippen LogP contribution in [0.2, 0.25) is 0 Å². The Bertz CT molecular complexity index is 1140. The first-order valence-electron chi connectivity index (χ1n) is 10.3. The van der Waals surface area contributed by atoms with Crippen molar-refractivity contribution in [3.8, 4) is 0 Å². The van der Waals surface area contributed by atoms with Crippen molar-refractivity contribution < 1.29 is 14.4 Å². The highest BCUT2D eigenvalue weighted by molar-refractivity contribution is 9.10. The van der Waals surface area contributed by atoms with E-state index in [0.29, 0.717) is 5.69 Å². The number of carbonyl (C=O) groups is 3. The predicted molar refractivity (Wildman–Crippen MR) is 120 cm³/mol. The van der Waals surface area contributed by atoms with Gasteiger partial charge in [0.2, 0.25) is 11.8 Å². The van der Waals surface area contributed by atoms with Gasteiger partial charge in [-0.15, -0.1) is 0 Å². The van der Waals surface area contributed by atoms with Crippen molar-refractivity contribution in [1.29, 1.82) is 0 Å². The molecule has 0 aliphatic carbocycles. The minimum atomic E-state index is -0.781. The summed E-state index contributed by atoms with van der Waals surface area (Å²) < 4.78 is 0.859. The SMILES string of the molecule is CC(C)(C)C(=O)[C@H]1[C@H]2C(=O)N(c3ccc(Br)cc3)C(=O)[C@H]2C2c3ccccc3C=NN21. The summed E-state index contributed by atoms with van der Waals surface area (Å²) in [5, 5.41) is 6.28. The van der Waals surface area contributed by atoms with Crippen molar-refractivity contribution in [2.45, 2.75) is 32.9 Å². The van der Waals surface area contributed by atoms with E-state index in [1.54, 1.807) is 35.5 Å². The number of amides is 2. The van der Waals surface area contributed by atoms with Crippen molar-refractivity contribution >= 4 is 45.4 Å². The fourth-order valence-electron chi connectivity index (χ4n) is 4.96. The second-order valence-corrected chi connectivity index (χ2v) is 10.2. The third kappa shape index (κ3) is 2.90. The summed E-state index contributed by atoms with van der Waals surface area (Å²) in [6, 6.07) is 13.6. The van der Waals surface area contributed by atoms with Gasteiger partial charge in [-0.2, -0.15) is 5.10 Å². The Morgan fingerprint density at radius 1 is 0.968 bits per heavy atom. The number of anilines is 1. The molecule has 31 heavy (non-hydrogen) atoms. The number of carbonyl (C=O) groups excluding carboxylic acids is 3. The maximum atomic E-state index is 13.7. The molecule has 0 aromatic heterocycles. The van der Waals surface area contributed by atoms with E-state index in [1.165, 1.54) is 4.90 Å². The van der Waals surface area contributed by atoms with Crippen molar-refractivity contribution in [2.24, 2.45) is 22.4 Å². The van der Waals surface area contributed by atoms with E-state index in [9.17, 15) is 14.4 Å². The van der Waals surface area contributed by atoms with E-state index >= 15 is 0 Å². The van der Waals surface area contributed by atoms with E-state index in [2.05, 4.69) is 21.0 Å². The predicted octanol–water partition coefficient (Wildman–Crippen LogP) is 3.94. The number of imide groups is 1. The minimum absolute atomic E-state index is 0.0830. The standard InChI is InChI=1S/C24H22BrN3O3/c1-24(2,3)21(29)20-18-17(19-16-7-5-4-6-13(16)12-26-28(19)20)22(30)27(23(18)31)15-10-8-14(25)9-11-15/h4-12,17-20H,1-3H3/t17-,18+,19?,20-/m1/s1. The van der Waals surface area contributed by atoms with Gasteiger partial charge in [0.25, 0.3) is 0 Å². The molecule has 3 heterocycles. The normalized spacial score (nSPS) is 26.7. The quantitative estimate of drug-likeness (QED) is 0.611. The molecule has 1 unspecified atom stereocenters. The molecule has 0 spiro atoms. The zero-order valence-electron chi connectivity index (χ0n) is 17.4. The number of ketones is 1. The number of Topliss-reactive ketones (excluding diaryl/α,β-unsaturated/α-hetero) is 1. The number of benzene rings is 2. The van der Waals surface area contributed by atoms with Gasteiger partial charge in [-0.3, -0.25) is 19.4 Å². The van der Waals surface area contributed by atoms with Crippen LogP contribution in [0.15, 0.2) is 58.1 Å². The Balaban J connectivity index is 1.66. The maximum Gasteiger partial charge on any atom is 0.240 e. The van der Waals surface area contributed by atoms with E-state index in [4.69, 9.17) is 0 Å². The van der Waals surface area contributed by atoms with Crippen LogP contribution in [0.4, 0.5) is 5.69 Å². The average Bonchev–Trinajstić information content (AvgIpc) is 3.20. The molecule has 4 atom stereocenters. The molecule has 2 aromatic rings. The molecular weight excluding hydrogens is 458 g/mol. The van der Waals surface area contributed by atoms with Crippen molar-refractivity contribution in [1.82, 2.24) is 5.01 Å². The van der Waals surface area contributed by atoms with Crippen LogP contribution in [0.25, 0.3) is 0 Å².